The van der Waals surface area contributed by atoms with E-state index in [0.717, 1.165) is 23.8 Å². The van der Waals surface area contributed by atoms with Crippen LogP contribution in [0, 0.1) is 11.6 Å². The zero-order valence-corrected chi connectivity index (χ0v) is 11.5. The van der Waals surface area contributed by atoms with E-state index in [-0.39, 0.29) is 23.9 Å². The van der Waals surface area contributed by atoms with Crippen molar-refractivity contribution < 1.29 is 18.3 Å². The molecule has 1 atom stereocenters. The minimum Gasteiger partial charge on any atom is -0.490 e. The highest BCUT2D eigenvalue weighted by molar-refractivity contribution is 5.97. The molecule has 1 heterocycles. The van der Waals surface area contributed by atoms with Gasteiger partial charge in [-0.1, -0.05) is 12.1 Å². The van der Waals surface area contributed by atoms with Gasteiger partial charge in [-0.2, -0.15) is 0 Å². The van der Waals surface area contributed by atoms with Gasteiger partial charge in [0.05, 0.1) is 0 Å². The minimum atomic E-state index is -0.955. The van der Waals surface area contributed by atoms with Crippen LogP contribution in [0.15, 0.2) is 36.4 Å². The molecule has 0 saturated heterocycles. The molecule has 21 heavy (non-hydrogen) atoms. The van der Waals surface area contributed by atoms with Gasteiger partial charge in [-0.15, -0.1) is 0 Å². The van der Waals surface area contributed by atoms with E-state index in [1.165, 1.54) is 12.1 Å². The fourth-order valence-corrected chi connectivity index (χ4v) is 2.56. The molecule has 0 bridgehead atoms. The van der Waals surface area contributed by atoms with E-state index in [0.29, 0.717) is 5.56 Å². The Morgan fingerprint density at radius 1 is 1.29 bits per heavy atom. The van der Waals surface area contributed by atoms with Crippen molar-refractivity contribution in [1.82, 2.24) is 0 Å². The number of carbonyl (C=O) groups is 1. The summed E-state index contributed by atoms with van der Waals surface area (Å²) in [5.41, 5.74) is 1.55. The number of halogens is 2. The van der Waals surface area contributed by atoms with Gasteiger partial charge in [-0.3, -0.25) is 4.79 Å². The van der Waals surface area contributed by atoms with Gasteiger partial charge in [0.25, 0.3) is 0 Å². The lowest BCUT2D eigenvalue weighted by Crippen LogP contribution is -2.06. The van der Waals surface area contributed by atoms with Crippen molar-refractivity contribution in [3.63, 3.8) is 0 Å². The average molecular weight is 288 g/mol. The molecule has 0 fully saturated rings. The number of ether oxygens (including phenoxy) is 1. The topological polar surface area (TPSA) is 26.3 Å². The van der Waals surface area contributed by atoms with Gasteiger partial charge >= 0.3 is 0 Å². The van der Waals surface area contributed by atoms with Crippen molar-refractivity contribution in [2.45, 2.75) is 25.9 Å². The molecule has 2 nitrogen and oxygen atoms in total. The summed E-state index contributed by atoms with van der Waals surface area (Å²) >= 11 is 0. The Kier molecular flexibility index (Phi) is 3.45. The summed E-state index contributed by atoms with van der Waals surface area (Å²) in [6.45, 7) is 1.96. The molecule has 2 aromatic rings. The number of carbonyl (C=O) groups excluding carboxylic acids is 1. The lowest BCUT2D eigenvalue weighted by atomic mass is 9.99. The van der Waals surface area contributed by atoms with Crippen LogP contribution in [-0.2, 0) is 12.8 Å². The molecule has 0 aromatic heterocycles. The van der Waals surface area contributed by atoms with E-state index in [2.05, 4.69) is 0 Å². The number of hydrogen-bond acceptors (Lipinski definition) is 2. The Morgan fingerprint density at radius 3 is 2.90 bits per heavy atom. The normalized spacial score (nSPS) is 16.4. The number of ketones is 1. The van der Waals surface area contributed by atoms with Crippen molar-refractivity contribution in [3.05, 3.63) is 64.7 Å². The van der Waals surface area contributed by atoms with E-state index < -0.39 is 11.6 Å². The highest BCUT2D eigenvalue weighted by Crippen LogP contribution is 2.29. The van der Waals surface area contributed by atoms with Gasteiger partial charge in [0.2, 0.25) is 0 Å². The Balaban J connectivity index is 1.83. The third kappa shape index (κ3) is 2.66. The van der Waals surface area contributed by atoms with E-state index in [1.807, 2.05) is 6.92 Å². The zero-order chi connectivity index (χ0) is 15.0. The molecule has 108 valence electrons. The standard InChI is InChI=1S/C17H14F2O2/c1-10-7-13-8-11(5-6-16(13)21-10)15(20)9-12-3-2-4-14(18)17(12)19/h2-6,8,10H,7,9H2,1H3. The molecule has 4 heteroatoms. The lowest BCUT2D eigenvalue weighted by Gasteiger charge is -2.05. The first-order valence-corrected chi connectivity index (χ1v) is 6.80. The predicted octanol–water partition coefficient (Wildman–Crippen LogP) is 3.71. The van der Waals surface area contributed by atoms with Crippen LogP contribution < -0.4 is 4.74 Å². The van der Waals surface area contributed by atoms with Crippen LogP contribution in [0.4, 0.5) is 8.78 Å². The first kappa shape index (κ1) is 13.7. The molecule has 3 rings (SSSR count). The molecule has 1 unspecified atom stereocenters. The van der Waals surface area contributed by atoms with E-state index in [9.17, 15) is 13.6 Å². The van der Waals surface area contributed by atoms with Crippen LogP contribution in [-0.4, -0.2) is 11.9 Å². The van der Waals surface area contributed by atoms with Gasteiger partial charge in [0.15, 0.2) is 17.4 Å². The Bertz CT molecular complexity index is 710. The highest BCUT2D eigenvalue weighted by atomic mass is 19.2. The zero-order valence-electron chi connectivity index (χ0n) is 11.5. The summed E-state index contributed by atoms with van der Waals surface area (Å²) < 4.78 is 32.3. The van der Waals surface area contributed by atoms with Gasteiger partial charge in [-0.25, -0.2) is 8.78 Å². The van der Waals surface area contributed by atoms with Gasteiger partial charge in [0.1, 0.15) is 11.9 Å². The third-order valence-electron chi connectivity index (χ3n) is 3.60. The number of rotatable bonds is 3. The molecule has 1 aliphatic heterocycles. The maximum absolute atomic E-state index is 13.6. The molecular formula is C17H14F2O2. The monoisotopic (exact) mass is 288 g/mol. The third-order valence-corrected chi connectivity index (χ3v) is 3.60. The Hall–Kier alpha value is -2.23. The first-order valence-electron chi connectivity index (χ1n) is 6.80. The second kappa shape index (κ2) is 5.28. The average Bonchev–Trinajstić information content (AvgIpc) is 2.82. The molecule has 2 aromatic carbocycles. The quantitative estimate of drug-likeness (QED) is 0.805. The van der Waals surface area contributed by atoms with Crippen molar-refractivity contribution in [3.8, 4) is 5.75 Å². The maximum atomic E-state index is 13.6. The van der Waals surface area contributed by atoms with Gasteiger partial charge in [-0.05, 0) is 42.3 Å². The van der Waals surface area contributed by atoms with Crippen LogP contribution in [0.2, 0.25) is 0 Å². The summed E-state index contributed by atoms with van der Waals surface area (Å²) in [5.74, 6) is -1.33. The number of hydrogen-bond donors (Lipinski definition) is 0. The van der Waals surface area contributed by atoms with Crippen molar-refractivity contribution >= 4 is 5.78 Å². The number of benzene rings is 2. The van der Waals surface area contributed by atoms with E-state index in [4.69, 9.17) is 4.74 Å². The summed E-state index contributed by atoms with van der Waals surface area (Å²) in [7, 11) is 0. The highest BCUT2D eigenvalue weighted by Gasteiger charge is 2.21. The SMILES string of the molecule is CC1Cc2cc(C(=O)Cc3cccc(F)c3F)ccc2O1. The summed E-state index contributed by atoms with van der Waals surface area (Å²) in [6.07, 6.45) is 0.704. The van der Waals surface area contributed by atoms with E-state index >= 15 is 0 Å². The number of fused-ring (bicyclic) bond motifs is 1. The fourth-order valence-electron chi connectivity index (χ4n) is 2.56. The maximum Gasteiger partial charge on any atom is 0.167 e. The molecule has 0 radical (unpaired) electrons. The van der Waals surface area contributed by atoms with Crippen molar-refractivity contribution in [2.75, 3.05) is 0 Å². The molecule has 0 spiro atoms. The Labute approximate surface area is 121 Å². The second-order valence-corrected chi connectivity index (χ2v) is 5.27. The lowest BCUT2D eigenvalue weighted by molar-refractivity contribution is 0.0991. The van der Waals surface area contributed by atoms with E-state index in [1.54, 1.807) is 18.2 Å². The van der Waals surface area contributed by atoms with Gasteiger partial charge in [0, 0.05) is 18.4 Å². The summed E-state index contributed by atoms with van der Waals surface area (Å²) in [5, 5.41) is 0. The molecule has 1 aliphatic rings. The van der Waals surface area contributed by atoms with Crippen LogP contribution in [0.1, 0.15) is 28.4 Å². The van der Waals surface area contributed by atoms with Crippen LogP contribution in [0.3, 0.4) is 0 Å². The van der Waals surface area contributed by atoms with Crippen molar-refractivity contribution in [2.24, 2.45) is 0 Å². The van der Waals surface area contributed by atoms with Gasteiger partial charge < -0.3 is 4.74 Å². The summed E-state index contributed by atoms with van der Waals surface area (Å²) in [4.78, 5) is 12.2. The predicted molar refractivity (Wildman–Crippen MR) is 74.6 cm³/mol. The Morgan fingerprint density at radius 2 is 2.10 bits per heavy atom. The number of Topliss-reactive ketones (excluding diaryl/α,β-unsaturated/α-hetero) is 1. The van der Waals surface area contributed by atoms with Crippen LogP contribution in [0.5, 0.6) is 5.75 Å². The molecule has 0 aliphatic carbocycles. The largest absolute Gasteiger partial charge is 0.490 e. The van der Waals surface area contributed by atoms with Crippen molar-refractivity contribution in [1.29, 1.82) is 0 Å². The van der Waals surface area contributed by atoms with Crippen LogP contribution >= 0.6 is 0 Å². The second-order valence-electron chi connectivity index (χ2n) is 5.27. The molecule has 0 N–H and O–H groups in total. The molecular weight excluding hydrogens is 274 g/mol. The fraction of sp³-hybridized carbons (Fsp3) is 0.235. The first-order chi connectivity index (χ1) is 10.0. The summed E-state index contributed by atoms with van der Waals surface area (Å²) in [6, 6.07) is 9.06. The minimum absolute atomic E-state index is 0.0742. The molecule has 0 saturated carbocycles. The van der Waals surface area contributed by atoms with Crippen LogP contribution in [0.25, 0.3) is 0 Å². The smallest absolute Gasteiger partial charge is 0.167 e. The molecule has 0 amide bonds.